The first-order chi connectivity index (χ1) is 36.3. The van der Waals surface area contributed by atoms with Gasteiger partial charge < -0.3 is 0 Å². The van der Waals surface area contributed by atoms with Gasteiger partial charge in [-0.25, -0.2) is 4.36 Å². The topological polar surface area (TPSA) is 12.4 Å². The minimum atomic E-state index is -0.368. The molecule has 0 fully saturated rings. The van der Waals surface area contributed by atoms with Gasteiger partial charge in [0.15, 0.2) is 0 Å². The van der Waals surface area contributed by atoms with E-state index in [4.69, 9.17) is 4.36 Å². The Morgan fingerprint density at radius 1 is 0.260 bits per heavy atom. The van der Waals surface area contributed by atoms with Gasteiger partial charge in [0, 0.05) is 10.6 Å². The van der Waals surface area contributed by atoms with Crippen LogP contribution < -0.4 is 0 Å². The summed E-state index contributed by atoms with van der Waals surface area (Å²) in [6.07, 6.45) is 0. The van der Waals surface area contributed by atoms with Crippen LogP contribution in [-0.4, -0.2) is 0 Å². The van der Waals surface area contributed by atoms with E-state index < -0.39 is 0 Å². The Morgan fingerprint density at radius 3 is 1.10 bits per heavy atom. The third kappa shape index (κ3) is 5.87. The number of nitrogens with zero attached hydrogens (tertiary/aromatic N) is 1. The first-order valence-electron chi connectivity index (χ1n) is 25.3. The van der Waals surface area contributed by atoms with Crippen molar-refractivity contribution in [1.29, 1.82) is 0 Å². The second-order valence-electron chi connectivity index (χ2n) is 19.7. The second kappa shape index (κ2) is 15.8. The molecule has 2 heteroatoms. The molecule has 1 heterocycles. The highest BCUT2D eigenvalue weighted by Gasteiger charge is 2.34. The first kappa shape index (κ1) is 40.7. The molecule has 2 aliphatic carbocycles. The summed E-state index contributed by atoms with van der Waals surface area (Å²) in [5.41, 5.74) is 25.6. The highest BCUT2D eigenvalue weighted by molar-refractivity contribution is 7.87. The smallest absolute Gasteiger partial charge is 0.0748 e. The fourth-order valence-electron chi connectivity index (χ4n) is 13.0. The van der Waals surface area contributed by atoms with Crippen LogP contribution in [0.2, 0.25) is 0 Å². The minimum Gasteiger partial charge on any atom is -0.223 e. The SMILES string of the molecule is c1ccc(-c2c3c(c(-c4ccccc4)c4ccccc24)-c2ccc(-c4ccc5c(c4)CS(c4ccc6c7c(cccc47)-c4c-6c(-c6ccccc6)c6ccccc6c4-c4ccccc4)=N5)c4cccc-3c24)cc1. The van der Waals surface area contributed by atoms with E-state index >= 15 is 0 Å². The third-order valence-electron chi connectivity index (χ3n) is 15.9. The Balaban J connectivity index is 0.834. The molecule has 0 N–H and O–H groups in total. The van der Waals surface area contributed by atoms with Crippen molar-refractivity contribution in [3.8, 4) is 100 Å². The Bertz CT molecular complexity index is 4350. The maximum atomic E-state index is 5.57. The Kier molecular flexibility index (Phi) is 8.81. The highest BCUT2D eigenvalue weighted by atomic mass is 32.2. The van der Waals surface area contributed by atoms with Crippen LogP contribution in [0, 0.1) is 0 Å². The molecule has 1 nitrogen and oxygen atoms in total. The molecule has 0 saturated carbocycles. The van der Waals surface area contributed by atoms with Gasteiger partial charge in [-0.05, 0) is 167 Å². The lowest BCUT2D eigenvalue weighted by molar-refractivity contribution is 1.42. The van der Waals surface area contributed by atoms with Gasteiger partial charge in [0.1, 0.15) is 0 Å². The largest absolute Gasteiger partial charge is 0.223 e. The number of hydrogen-bond acceptors (Lipinski definition) is 1. The van der Waals surface area contributed by atoms with Gasteiger partial charge in [-0.1, -0.05) is 241 Å². The maximum absolute atomic E-state index is 5.57. The van der Waals surface area contributed by atoms with Gasteiger partial charge in [-0.15, -0.1) is 0 Å². The van der Waals surface area contributed by atoms with E-state index in [0.717, 1.165) is 11.4 Å². The van der Waals surface area contributed by atoms with E-state index in [1.165, 1.54) is 154 Å². The lowest BCUT2D eigenvalue weighted by Gasteiger charge is -2.20. The maximum Gasteiger partial charge on any atom is 0.0748 e. The van der Waals surface area contributed by atoms with Crippen molar-refractivity contribution in [2.45, 2.75) is 10.6 Å². The zero-order valence-corrected chi connectivity index (χ0v) is 40.6. The summed E-state index contributed by atoms with van der Waals surface area (Å²) in [4.78, 5) is 1.32. The zero-order chi connectivity index (χ0) is 47.7. The average molecular weight is 942 g/mol. The summed E-state index contributed by atoms with van der Waals surface area (Å²) in [6.45, 7) is 0. The van der Waals surface area contributed by atoms with Gasteiger partial charge in [0.25, 0.3) is 0 Å². The molecule has 0 saturated heterocycles. The first-order valence-corrected chi connectivity index (χ1v) is 26.7. The van der Waals surface area contributed by atoms with Crippen molar-refractivity contribution >= 4 is 59.5 Å². The molecule has 16 rings (SSSR count). The van der Waals surface area contributed by atoms with Crippen LogP contribution in [0.5, 0.6) is 0 Å². The van der Waals surface area contributed by atoms with E-state index in [1.807, 2.05) is 0 Å². The van der Waals surface area contributed by atoms with Crippen LogP contribution in [0.15, 0.2) is 258 Å². The summed E-state index contributed by atoms with van der Waals surface area (Å²) in [7, 11) is -0.368. The fourth-order valence-corrected chi connectivity index (χ4v) is 14.9. The Hall–Kier alpha value is -8.95. The molecule has 13 aromatic carbocycles. The fraction of sp³-hybridized carbons (Fsp3) is 0.0141. The predicted octanol–water partition coefficient (Wildman–Crippen LogP) is 19.9. The summed E-state index contributed by atoms with van der Waals surface area (Å²) >= 11 is 0. The molecule has 73 heavy (non-hydrogen) atoms. The average Bonchev–Trinajstić information content (AvgIpc) is 4.15. The summed E-state index contributed by atoms with van der Waals surface area (Å²) in [6, 6.07) is 92.7. The van der Waals surface area contributed by atoms with E-state index in [0.29, 0.717) is 0 Å². The van der Waals surface area contributed by atoms with E-state index in [2.05, 4.69) is 249 Å². The molecule has 3 aliphatic rings. The number of benzene rings is 13. The highest BCUT2D eigenvalue weighted by Crippen LogP contribution is 2.60. The minimum absolute atomic E-state index is 0.368. The number of fused-ring (bicyclic) bond motifs is 9. The summed E-state index contributed by atoms with van der Waals surface area (Å²) < 4.78 is 5.57. The zero-order valence-electron chi connectivity index (χ0n) is 39.7. The number of rotatable bonds is 6. The summed E-state index contributed by atoms with van der Waals surface area (Å²) in [5.74, 6) is 0.878. The van der Waals surface area contributed by atoms with Crippen molar-refractivity contribution in [3.63, 3.8) is 0 Å². The molecule has 1 unspecified atom stereocenters. The number of hydrogen-bond donors (Lipinski definition) is 0. The van der Waals surface area contributed by atoms with Crippen molar-refractivity contribution in [1.82, 2.24) is 0 Å². The standard InChI is InChI=1S/C71H43NS/c1-5-19-43(20-6-1)62-51-27-13-15-29-53(51)64(45-23-9-3-10-24-45)70-58-37-36-49(50-31-17-33-56(66(50)58)68(62)70)47-35-39-60-48(41-47)42-73(72-60)61-40-38-59-67-55(61)32-18-34-57(67)69-63(44-21-7-2-8-22-44)52-28-14-16-30-54(52)65(71(59)69)46-25-11-4-12-26-46/h1-41H,42H2. The molecule has 338 valence electrons. The molecule has 0 amide bonds. The van der Waals surface area contributed by atoms with Crippen molar-refractivity contribution in [3.05, 3.63) is 254 Å². The van der Waals surface area contributed by atoms with Crippen LogP contribution >= 0.6 is 0 Å². The molecule has 1 aliphatic heterocycles. The second-order valence-corrected chi connectivity index (χ2v) is 21.4. The van der Waals surface area contributed by atoms with Gasteiger partial charge in [0.2, 0.25) is 0 Å². The van der Waals surface area contributed by atoms with Crippen LogP contribution in [0.1, 0.15) is 5.56 Å². The third-order valence-corrected chi connectivity index (χ3v) is 17.8. The molecular formula is C71H43NS. The quantitative estimate of drug-likeness (QED) is 0.158. The van der Waals surface area contributed by atoms with Gasteiger partial charge in [-0.3, -0.25) is 0 Å². The molecule has 0 aromatic heterocycles. The van der Waals surface area contributed by atoms with Crippen LogP contribution in [0.25, 0.3) is 143 Å². The van der Waals surface area contributed by atoms with E-state index in [9.17, 15) is 0 Å². The van der Waals surface area contributed by atoms with Gasteiger partial charge >= 0.3 is 0 Å². The molecule has 1 atom stereocenters. The lowest BCUT2D eigenvalue weighted by Crippen LogP contribution is -1.94. The molecule has 0 radical (unpaired) electrons. The van der Waals surface area contributed by atoms with Crippen LogP contribution in [-0.2, 0) is 16.4 Å². The molecular weight excluding hydrogens is 899 g/mol. The summed E-state index contributed by atoms with van der Waals surface area (Å²) in [5, 5.41) is 10.4. The molecule has 0 bridgehead atoms. The van der Waals surface area contributed by atoms with Crippen LogP contribution in [0.4, 0.5) is 5.69 Å². The Morgan fingerprint density at radius 2 is 0.630 bits per heavy atom. The molecule has 0 spiro atoms. The monoisotopic (exact) mass is 941 g/mol. The van der Waals surface area contributed by atoms with Gasteiger partial charge in [-0.2, -0.15) is 0 Å². The lowest BCUT2D eigenvalue weighted by atomic mass is 9.82. The van der Waals surface area contributed by atoms with E-state index in [1.54, 1.807) is 0 Å². The predicted molar refractivity (Wildman–Crippen MR) is 310 cm³/mol. The van der Waals surface area contributed by atoms with Crippen molar-refractivity contribution in [2.75, 3.05) is 0 Å². The van der Waals surface area contributed by atoms with E-state index in [-0.39, 0.29) is 10.7 Å². The normalized spacial score (nSPS) is 13.7. The Labute approximate surface area is 426 Å². The van der Waals surface area contributed by atoms with Crippen molar-refractivity contribution < 1.29 is 0 Å². The van der Waals surface area contributed by atoms with Crippen molar-refractivity contribution in [2.24, 2.45) is 4.36 Å². The van der Waals surface area contributed by atoms with Gasteiger partial charge in [0.05, 0.1) is 5.69 Å². The van der Waals surface area contributed by atoms with Crippen LogP contribution in [0.3, 0.4) is 0 Å². The molecule has 13 aromatic rings.